The molecule has 88 valence electrons. The minimum Gasteiger partial charge on any atom is -0.330 e. The van der Waals surface area contributed by atoms with E-state index in [0.717, 1.165) is 18.5 Å². The van der Waals surface area contributed by atoms with Gasteiger partial charge in [-0.25, -0.2) is 0 Å². The van der Waals surface area contributed by atoms with Crippen LogP contribution in [-0.4, -0.2) is 55.6 Å². The first-order valence-electron chi connectivity index (χ1n) is 6.42. The Labute approximate surface area is 93.6 Å². The predicted octanol–water partition coefficient (Wildman–Crippen LogP) is 0.751. The highest BCUT2D eigenvalue weighted by atomic mass is 15.3. The lowest BCUT2D eigenvalue weighted by molar-refractivity contribution is 0.0821. The largest absolute Gasteiger partial charge is 0.330 e. The summed E-state index contributed by atoms with van der Waals surface area (Å²) in [5.74, 6) is 0.814. The number of likely N-dealkylation sites (N-methyl/N-ethyl adjacent to an activating group) is 1. The van der Waals surface area contributed by atoms with Crippen molar-refractivity contribution in [2.75, 3.05) is 39.8 Å². The lowest BCUT2D eigenvalue weighted by atomic mass is 9.85. The van der Waals surface area contributed by atoms with Gasteiger partial charge in [0.15, 0.2) is 0 Å². The van der Waals surface area contributed by atoms with Gasteiger partial charge in [-0.2, -0.15) is 0 Å². The SMILES string of the molecule is CN1CCN([C@H]2CC[C@H](CN)CC2)CC1. The Morgan fingerprint density at radius 2 is 1.60 bits per heavy atom. The van der Waals surface area contributed by atoms with E-state index in [1.165, 1.54) is 51.9 Å². The average Bonchev–Trinajstić information content (AvgIpc) is 2.30. The molecule has 2 aliphatic rings. The van der Waals surface area contributed by atoms with Crippen molar-refractivity contribution in [2.24, 2.45) is 11.7 Å². The molecule has 1 saturated heterocycles. The first-order chi connectivity index (χ1) is 7.29. The van der Waals surface area contributed by atoms with Crippen molar-refractivity contribution in [3.05, 3.63) is 0 Å². The van der Waals surface area contributed by atoms with Gasteiger partial charge in [-0.3, -0.25) is 4.90 Å². The summed E-state index contributed by atoms with van der Waals surface area (Å²) in [6.07, 6.45) is 5.47. The fourth-order valence-electron chi connectivity index (χ4n) is 2.93. The number of nitrogens with zero attached hydrogens (tertiary/aromatic N) is 2. The molecule has 1 heterocycles. The first kappa shape index (κ1) is 11.4. The van der Waals surface area contributed by atoms with Crippen LogP contribution < -0.4 is 5.73 Å². The van der Waals surface area contributed by atoms with Crippen LogP contribution in [0.5, 0.6) is 0 Å². The normalized spacial score (nSPS) is 35.6. The van der Waals surface area contributed by atoms with E-state index in [9.17, 15) is 0 Å². The van der Waals surface area contributed by atoms with Gasteiger partial charge >= 0.3 is 0 Å². The molecule has 0 aromatic rings. The Morgan fingerprint density at radius 1 is 1.00 bits per heavy atom. The number of hydrogen-bond donors (Lipinski definition) is 1. The molecule has 15 heavy (non-hydrogen) atoms. The van der Waals surface area contributed by atoms with E-state index in [0.29, 0.717) is 0 Å². The Bertz CT molecular complexity index is 179. The number of hydrogen-bond acceptors (Lipinski definition) is 3. The van der Waals surface area contributed by atoms with Crippen LogP contribution in [0.3, 0.4) is 0 Å². The lowest BCUT2D eigenvalue weighted by Gasteiger charge is -2.41. The fraction of sp³-hybridized carbons (Fsp3) is 1.00. The first-order valence-corrected chi connectivity index (χ1v) is 6.42. The summed E-state index contributed by atoms with van der Waals surface area (Å²) in [5, 5.41) is 0. The van der Waals surface area contributed by atoms with Crippen molar-refractivity contribution >= 4 is 0 Å². The zero-order chi connectivity index (χ0) is 10.7. The molecule has 2 rings (SSSR count). The zero-order valence-electron chi connectivity index (χ0n) is 9.99. The second-order valence-corrected chi connectivity index (χ2v) is 5.25. The van der Waals surface area contributed by atoms with Crippen LogP contribution in [0.2, 0.25) is 0 Å². The van der Waals surface area contributed by atoms with Crippen LogP contribution in [0.4, 0.5) is 0 Å². The van der Waals surface area contributed by atoms with Gasteiger partial charge in [0.25, 0.3) is 0 Å². The second kappa shape index (κ2) is 5.28. The van der Waals surface area contributed by atoms with E-state index in [2.05, 4.69) is 16.8 Å². The predicted molar refractivity (Wildman–Crippen MR) is 63.9 cm³/mol. The van der Waals surface area contributed by atoms with Crippen LogP contribution in [0, 0.1) is 5.92 Å². The summed E-state index contributed by atoms with van der Waals surface area (Å²) in [7, 11) is 2.22. The lowest BCUT2D eigenvalue weighted by Crippen LogP contribution is -2.50. The van der Waals surface area contributed by atoms with E-state index in [1.807, 2.05) is 0 Å². The van der Waals surface area contributed by atoms with E-state index in [1.54, 1.807) is 0 Å². The van der Waals surface area contributed by atoms with E-state index in [4.69, 9.17) is 5.73 Å². The van der Waals surface area contributed by atoms with Crippen LogP contribution in [0.1, 0.15) is 25.7 Å². The van der Waals surface area contributed by atoms with Gasteiger partial charge in [0.05, 0.1) is 0 Å². The molecule has 0 spiro atoms. The Kier molecular flexibility index (Phi) is 4.00. The molecule has 1 saturated carbocycles. The van der Waals surface area contributed by atoms with E-state index >= 15 is 0 Å². The third-order valence-corrected chi connectivity index (χ3v) is 4.20. The summed E-state index contributed by atoms with van der Waals surface area (Å²) >= 11 is 0. The molecule has 0 radical (unpaired) electrons. The third-order valence-electron chi connectivity index (χ3n) is 4.20. The molecule has 1 aliphatic heterocycles. The van der Waals surface area contributed by atoms with Gasteiger partial charge in [-0.1, -0.05) is 0 Å². The maximum Gasteiger partial charge on any atom is 0.0113 e. The van der Waals surface area contributed by atoms with Gasteiger partial charge in [0.2, 0.25) is 0 Å². The second-order valence-electron chi connectivity index (χ2n) is 5.25. The summed E-state index contributed by atoms with van der Waals surface area (Å²) in [4.78, 5) is 5.13. The quantitative estimate of drug-likeness (QED) is 0.731. The maximum atomic E-state index is 5.73. The van der Waals surface area contributed by atoms with E-state index in [-0.39, 0.29) is 0 Å². The number of rotatable bonds is 2. The van der Waals surface area contributed by atoms with Gasteiger partial charge in [0, 0.05) is 32.2 Å². The molecule has 0 atom stereocenters. The molecule has 0 bridgehead atoms. The molecule has 3 nitrogen and oxygen atoms in total. The molecular formula is C12H25N3. The number of nitrogens with two attached hydrogens (primary N) is 1. The topological polar surface area (TPSA) is 32.5 Å². The van der Waals surface area contributed by atoms with Crippen molar-refractivity contribution in [1.82, 2.24) is 9.80 Å². The summed E-state index contributed by atoms with van der Waals surface area (Å²) in [5.41, 5.74) is 5.73. The monoisotopic (exact) mass is 211 g/mol. The summed E-state index contributed by atoms with van der Waals surface area (Å²) < 4.78 is 0. The highest BCUT2D eigenvalue weighted by Crippen LogP contribution is 2.27. The average molecular weight is 211 g/mol. The highest BCUT2D eigenvalue weighted by molar-refractivity contribution is 4.82. The van der Waals surface area contributed by atoms with Gasteiger partial charge < -0.3 is 10.6 Å². The smallest absolute Gasteiger partial charge is 0.0113 e. The number of piperazine rings is 1. The van der Waals surface area contributed by atoms with Crippen molar-refractivity contribution in [1.29, 1.82) is 0 Å². The van der Waals surface area contributed by atoms with Gasteiger partial charge in [0.1, 0.15) is 0 Å². The maximum absolute atomic E-state index is 5.73. The Hall–Kier alpha value is -0.120. The summed E-state index contributed by atoms with van der Waals surface area (Å²) in [6, 6.07) is 0.862. The van der Waals surface area contributed by atoms with Crippen molar-refractivity contribution in [2.45, 2.75) is 31.7 Å². The third kappa shape index (κ3) is 2.92. The van der Waals surface area contributed by atoms with Crippen molar-refractivity contribution < 1.29 is 0 Å². The van der Waals surface area contributed by atoms with Crippen molar-refractivity contribution in [3.8, 4) is 0 Å². The molecule has 2 N–H and O–H groups in total. The molecule has 0 amide bonds. The van der Waals surface area contributed by atoms with Crippen LogP contribution in [0.15, 0.2) is 0 Å². The van der Waals surface area contributed by atoms with Crippen LogP contribution >= 0.6 is 0 Å². The minimum absolute atomic E-state index is 0.814. The summed E-state index contributed by atoms with van der Waals surface area (Å²) in [6.45, 7) is 5.94. The van der Waals surface area contributed by atoms with E-state index < -0.39 is 0 Å². The molecular weight excluding hydrogens is 186 g/mol. The molecule has 0 aromatic heterocycles. The molecule has 2 fully saturated rings. The Morgan fingerprint density at radius 3 is 2.13 bits per heavy atom. The standard InChI is InChI=1S/C12H25N3/c1-14-6-8-15(9-7-14)12-4-2-11(10-13)3-5-12/h11-12H,2-10,13H2,1H3/t11-,12-. The molecule has 1 aliphatic carbocycles. The van der Waals surface area contributed by atoms with Crippen LogP contribution in [-0.2, 0) is 0 Å². The zero-order valence-corrected chi connectivity index (χ0v) is 9.99. The highest BCUT2D eigenvalue weighted by Gasteiger charge is 2.26. The Balaban J connectivity index is 1.75. The molecule has 3 heteroatoms. The molecule has 0 unspecified atom stereocenters. The van der Waals surface area contributed by atoms with Gasteiger partial charge in [-0.05, 0) is 45.2 Å². The van der Waals surface area contributed by atoms with Gasteiger partial charge in [-0.15, -0.1) is 0 Å². The fourth-order valence-corrected chi connectivity index (χ4v) is 2.93. The molecule has 0 aromatic carbocycles. The van der Waals surface area contributed by atoms with Crippen molar-refractivity contribution in [3.63, 3.8) is 0 Å². The van der Waals surface area contributed by atoms with Crippen LogP contribution in [0.25, 0.3) is 0 Å². The minimum atomic E-state index is 0.814.